The summed E-state index contributed by atoms with van der Waals surface area (Å²) < 4.78 is 37.8. The highest BCUT2D eigenvalue weighted by Crippen LogP contribution is 2.37. The molecular weight excluding hydrogens is 241 g/mol. The predicted octanol–water partition coefficient (Wildman–Crippen LogP) is 3.00. The Morgan fingerprint density at radius 3 is 2.31 bits per heavy atom. The summed E-state index contributed by atoms with van der Waals surface area (Å²) in [6, 6.07) is 2.29. The van der Waals surface area contributed by atoms with E-state index in [0.717, 1.165) is 6.07 Å². The van der Waals surface area contributed by atoms with E-state index in [1.54, 1.807) is 19.0 Å². The number of benzene rings is 1. The number of nitrogens with two attached hydrogens (primary N) is 1. The van der Waals surface area contributed by atoms with E-state index >= 15 is 0 Å². The van der Waals surface area contributed by atoms with Gasteiger partial charge in [0.05, 0.1) is 5.56 Å². The van der Waals surface area contributed by atoms with Crippen LogP contribution >= 0.6 is 11.6 Å². The van der Waals surface area contributed by atoms with Crippen LogP contribution in [0, 0.1) is 0 Å². The molecule has 1 rings (SSSR count). The minimum absolute atomic E-state index is 0.0402. The summed E-state index contributed by atoms with van der Waals surface area (Å²) in [6.45, 7) is 0.315. The van der Waals surface area contributed by atoms with Crippen molar-refractivity contribution < 1.29 is 13.2 Å². The quantitative estimate of drug-likeness (QED) is 0.820. The lowest BCUT2D eigenvalue weighted by Crippen LogP contribution is -2.16. The highest BCUT2D eigenvalue weighted by Gasteiger charge is 2.34. The summed E-state index contributed by atoms with van der Waals surface area (Å²) in [6.07, 6.45) is -4.48. The van der Waals surface area contributed by atoms with E-state index in [-0.39, 0.29) is 10.7 Å². The van der Waals surface area contributed by atoms with Crippen LogP contribution in [-0.4, -0.2) is 19.0 Å². The average molecular weight is 253 g/mol. The molecule has 1 aromatic carbocycles. The molecule has 0 spiro atoms. The molecule has 0 amide bonds. The SMILES string of the molecule is CN(C)Cc1cc(Cl)cc(C(F)(F)F)c1N. The zero-order valence-corrected chi connectivity index (χ0v) is 9.65. The van der Waals surface area contributed by atoms with Gasteiger partial charge in [0.25, 0.3) is 0 Å². The number of nitrogen functional groups attached to an aromatic ring is 1. The smallest absolute Gasteiger partial charge is 0.398 e. The predicted molar refractivity (Wildman–Crippen MR) is 58.3 cm³/mol. The summed E-state index contributed by atoms with van der Waals surface area (Å²) in [5.41, 5.74) is 4.72. The molecule has 0 heterocycles. The first-order valence-electron chi connectivity index (χ1n) is 4.51. The summed E-state index contributed by atoms with van der Waals surface area (Å²) in [7, 11) is 3.49. The van der Waals surface area contributed by atoms with Crippen molar-refractivity contribution >= 4 is 17.3 Å². The largest absolute Gasteiger partial charge is 0.418 e. The van der Waals surface area contributed by atoms with Gasteiger partial charge >= 0.3 is 6.18 Å². The van der Waals surface area contributed by atoms with Gasteiger partial charge in [-0.1, -0.05) is 11.6 Å². The molecule has 0 bridgehead atoms. The molecule has 0 saturated heterocycles. The Balaban J connectivity index is 3.26. The Morgan fingerprint density at radius 1 is 1.31 bits per heavy atom. The molecule has 1 aromatic rings. The van der Waals surface area contributed by atoms with Crippen molar-refractivity contribution in [3.05, 3.63) is 28.3 Å². The van der Waals surface area contributed by atoms with Crippen LogP contribution in [0.1, 0.15) is 11.1 Å². The van der Waals surface area contributed by atoms with E-state index in [0.29, 0.717) is 12.1 Å². The third-order valence-corrected chi connectivity index (χ3v) is 2.24. The molecule has 0 aromatic heterocycles. The summed E-state index contributed by atoms with van der Waals surface area (Å²) >= 11 is 5.64. The van der Waals surface area contributed by atoms with E-state index in [1.807, 2.05) is 0 Å². The molecule has 0 atom stereocenters. The molecule has 2 N–H and O–H groups in total. The van der Waals surface area contributed by atoms with Crippen molar-refractivity contribution in [2.45, 2.75) is 12.7 Å². The number of alkyl halides is 3. The minimum Gasteiger partial charge on any atom is -0.398 e. The molecule has 0 fully saturated rings. The maximum absolute atomic E-state index is 12.6. The zero-order valence-electron chi connectivity index (χ0n) is 8.90. The number of halogens is 4. The highest BCUT2D eigenvalue weighted by molar-refractivity contribution is 6.30. The van der Waals surface area contributed by atoms with Gasteiger partial charge in [-0.2, -0.15) is 13.2 Å². The van der Waals surface area contributed by atoms with Gasteiger partial charge in [-0.05, 0) is 31.8 Å². The van der Waals surface area contributed by atoms with Gasteiger partial charge < -0.3 is 10.6 Å². The molecule has 0 radical (unpaired) electrons. The zero-order chi connectivity index (χ0) is 12.5. The second-order valence-electron chi connectivity index (χ2n) is 3.76. The Hall–Kier alpha value is -0.940. The normalized spacial score (nSPS) is 12.2. The van der Waals surface area contributed by atoms with Crippen molar-refractivity contribution in [3.63, 3.8) is 0 Å². The first-order chi connectivity index (χ1) is 7.21. The van der Waals surface area contributed by atoms with Crippen LogP contribution in [0.15, 0.2) is 12.1 Å². The molecule has 0 aliphatic rings. The molecule has 0 unspecified atom stereocenters. The third kappa shape index (κ3) is 3.02. The van der Waals surface area contributed by atoms with Gasteiger partial charge in [-0.15, -0.1) is 0 Å². The van der Waals surface area contributed by atoms with Crippen LogP contribution in [0.2, 0.25) is 5.02 Å². The number of hydrogen-bond acceptors (Lipinski definition) is 2. The van der Waals surface area contributed by atoms with Crippen molar-refractivity contribution in [2.75, 3.05) is 19.8 Å². The Bertz CT molecular complexity index is 388. The first-order valence-corrected chi connectivity index (χ1v) is 4.89. The van der Waals surface area contributed by atoms with Crippen LogP contribution < -0.4 is 5.73 Å². The van der Waals surface area contributed by atoms with Crippen molar-refractivity contribution in [2.24, 2.45) is 0 Å². The lowest BCUT2D eigenvalue weighted by atomic mass is 10.1. The van der Waals surface area contributed by atoms with Gasteiger partial charge in [0, 0.05) is 17.3 Å². The highest BCUT2D eigenvalue weighted by atomic mass is 35.5. The van der Waals surface area contributed by atoms with Crippen molar-refractivity contribution in [3.8, 4) is 0 Å². The summed E-state index contributed by atoms with van der Waals surface area (Å²) in [5, 5.41) is 0.0402. The van der Waals surface area contributed by atoms with Gasteiger partial charge in [0.15, 0.2) is 0 Å². The summed E-state index contributed by atoms with van der Waals surface area (Å²) in [4.78, 5) is 1.72. The van der Waals surface area contributed by atoms with Gasteiger partial charge in [-0.3, -0.25) is 0 Å². The molecule has 0 aliphatic heterocycles. The topological polar surface area (TPSA) is 29.3 Å². The number of rotatable bonds is 2. The molecule has 6 heteroatoms. The Kier molecular flexibility index (Phi) is 3.70. The van der Waals surface area contributed by atoms with Crippen LogP contribution in [0.25, 0.3) is 0 Å². The van der Waals surface area contributed by atoms with Crippen LogP contribution in [0.5, 0.6) is 0 Å². The molecule has 16 heavy (non-hydrogen) atoms. The number of anilines is 1. The fourth-order valence-electron chi connectivity index (χ4n) is 1.38. The van der Waals surface area contributed by atoms with E-state index in [1.165, 1.54) is 6.07 Å². The second kappa shape index (κ2) is 4.51. The lowest BCUT2D eigenvalue weighted by Gasteiger charge is -2.17. The Labute approximate surface area is 96.8 Å². The monoisotopic (exact) mass is 252 g/mol. The molecular formula is C10H12ClF3N2. The maximum atomic E-state index is 12.6. The van der Waals surface area contributed by atoms with Gasteiger partial charge in [0.1, 0.15) is 0 Å². The van der Waals surface area contributed by atoms with E-state index in [4.69, 9.17) is 17.3 Å². The van der Waals surface area contributed by atoms with Crippen LogP contribution in [0.4, 0.5) is 18.9 Å². The fourth-order valence-corrected chi connectivity index (χ4v) is 1.62. The lowest BCUT2D eigenvalue weighted by molar-refractivity contribution is -0.136. The van der Waals surface area contributed by atoms with Gasteiger partial charge in [-0.25, -0.2) is 0 Å². The van der Waals surface area contributed by atoms with Crippen LogP contribution in [0.3, 0.4) is 0 Å². The minimum atomic E-state index is -4.48. The first kappa shape index (κ1) is 13.1. The summed E-state index contributed by atoms with van der Waals surface area (Å²) in [5.74, 6) is 0. The number of nitrogens with zero attached hydrogens (tertiary/aromatic N) is 1. The van der Waals surface area contributed by atoms with Crippen LogP contribution in [-0.2, 0) is 12.7 Å². The average Bonchev–Trinajstić information content (AvgIpc) is 2.07. The van der Waals surface area contributed by atoms with Crippen molar-refractivity contribution in [1.29, 1.82) is 0 Å². The molecule has 2 nitrogen and oxygen atoms in total. The van der Waals surface area contributed by atoms with E-state index in [2.05, 4.69) is 0 Å². The molecule has 90 valence electrons. The van der Waals surface area contributed by atoms with Crippen molar-refractivity contribution in [1.82, 2.24) is 4.90 Å². The maximum Gasteiger partial charge on any atom is 0.418 e. The van der Waals surface area contributed by atoms with E-state index < -0.39 is 11.7 Å². The molecule has 0 aliphatic carbocycles. The standard InChI is InChI=1S/C10H12ClF3N2/c1-16(2)5-6-3-7(11)4-8(9(6)15)10(12,13)14/h3-4H,5,15H2,1-2H3. The van der Waals surface area contributed by atoms with Gasteiger partial charge in [0.2, 0.25) is 0 Å². The fraction of sp³-hybridized carbons (Fsp3) is 0.400. The third-order valence-electron chi connectivity index (χ3n) is 2.02. The Morgan fingerprint density at radius 2 is 1.88 bits per heavy atom. The second-order valence-corrected chi connectivity index (χ2v) is 4.20. The molecule has 0 saturated carbocycles. The number of hydrogen-bond donors (Lipinski definition) is 1. The van der Waals surface area contributed by atoms with E-state index in [9.17, 15) is 13.2 Å².